The van der Waals surface area contributed by atoms with Crippen LogP contribution in [0.2, 0.25) is 5.02 Å². The van der Waals surface area contributed by atoms with Crippen LogP contribution in [0.25, 0.3) is 5.69 Å². The first-order chi connectivity index (χ1) is 11.6. The highest BCUT2D eigenvalue weighted by atomic mass is 35.5. The Morgan fingerprint density at radius 1 is 1.36 bits per heavy atom. The number of para-hydroxylation sites is 1. The smallest absolute Gasteiger partial charge is 0.337 e. The molecule has 1 amide bonds. The Balaban J connectivity index is 2.35. The third kappa shape index (κ3) is 4.00. The average Bonchev–Trinajstić information content (AvgIpc) is 2.98. The Labute approximate surface area is 150 Å². The molecule has 1 heterocycles. The molecule has 2 rings (SSSR count). The van der Waals surface area contributed by atoms with E-state index in [0.29, 0.717) is 22.0 Å². The number of nitrogens with one attached hydrogen (secondary N) is 1. The SMILES string of the molecule is CC(C)c1c(C(=O)NCC(C)(O)C(=O)O)cnn1-c1ccccc1Cl. The number of carbonyl (C=O) groups excluding carboxylic acids is 1. The van der Waals surface area contributed by atoms with Crippen LogP contribution in [0.3, 0.4) is 0 Å². The highest BCUT2D eigenvalue weighted by molar-refractivity contribution is 6.32. The molecular weight excluding hydrogens is 346 g/mol. The van der Waals surface area contributed by atoms with Gasteiger partial charge in [0, 0.05) is 0 Å². The van der Waals surface area contributed by atoms with Crippen molar-refractivity contribution in [3.63, 3.8) is 0 Å². The van der Waals surface area contributed by atoms with Crippen molar-refractivity contribution in [2.45, 2.75) is 32.3 Å². The van der Waals surface area contributed by atoms with E-state index in [4.69, 9.17) is 16.7 Å². The lowest BCUT2D eigenvalue weighted by Gasteiger charge is -2.19. The second kappa shape index (κ2) is 7.25. The summed E-state index contributed by atoms with van der Waals surface area (Å²) in [5, 5.41) is 25.8. The minimum Gasteiger partial charge on any atom is -0.479 e. The molecule has 0 spiro atoms. The first kappa shape index (κ1) is 19.0. The zero-order valence-corrected chi connectivity index (χ0v) is 14.9. The number of carboxylic acids is 1. The summed E-state index contributed by atoms with van der Waals surface area (Å²) in [5.41, 5.74) is -0.465. The van der Waals surface area contributed by atoms with Crippen molar-refractivity contribution in [1.29, 1.82) is 0 Å². The van der Waals surface area contributed by atoms with Crippen LogP contribution in [-0.4, -0.2) is 44.0 Å². The fraction of sp³-hybridized carbons (Fsp3) is 0.353. The van der Waals surface area contributed by atoms with Gasteiger partial charge >= 0.3 is 5.97 Å². The van der Waals surface area contributed by atoms with E-state index in [9.17, 15) is 14.7 Å². The van der Waals surface area contributed by atoms with Gasteiger partial charge in [0.05, 0.1) is 34.7 Å². The number of hydrogen-bond acceptors (Lipinski definition) is 4. The number of amides is 1. The Hall–Kier alpha value is -2.38. The van der Waals surface area contributed by atoms with Gasteiger partial charge in [0.15, 0.2) is 5.60 Å². The first-order valence-corrected chi connectivity index (χ1v) is 8.09. The fourth-order valence-corrected chi connectivity index (χ4v) is 2.54. The van der Waals surface area contributed by atoms with Crippen LogP contribution >= 0.6 is 11.6 Å². The molecule has 25 heavy (non-hydrogen) atoms. The maximum Gasteiger partial charge on any atom is 0.337 e. The molecule has 0 bridgehead atoms. The lowest BCUT2D eigenvalue weighted by molar-refractivity contribution is -0.155. The van der Waals surface area contributed by atoms with E-state index in [-0.39, 0.29) is 5.92 Å². The zero-order valence-electron chi connectivity index (χ0n) is 14.2. The van der Waals surface area contributed by atoms with E-state index in [1.807, 2.05) is 19.9 Å². The van der Waals surface area contributed by atoms with Gasteiger partial charge < -0.3 is 15.5 Å². The standard InChI is InChI=1S/C17H20ClN3O4/c1-10(2)14-11(15(22)19-9-17(3,25)16(23)24)8-20-21(14)13-7-5-4-6-12(13)18/h4-8,10,25H,9H2,1-3H3,(H,19,22)(H,23,24). The molecule has 3 N–H and O–H groups in total. The predicted molar refractivity (Wildman–Crippen MR) is 93.3 cm³/mol. The summed E-state index contributed by atoms with van der Waals surface area (Å²) < 4.78 is 1.59. The molecule has 1 aromatic carbocycles. The van der Waals surface area contributed by atoms with Crippen molar-refractivity contribution in [3.8, 4) is 5.69 Å². The molecule has 0 saturated carbocycles. The third-order valence-corrected chi connectivity index (χ3v) is 4.05. The number of carbonyl (C=O) groups is 2. The van der Waals surface area contributed by atoms with Crippen molar-refractivity contribution < 1.29 is 19.8 Å². The molecular formula is C17H20ClN3O4. The first-order valence-electron chi connectivity index (χ1n) is 7.72. The van der Waals surface area contributed by atoms with Gasteiger partial charge in [0.1, 0.15) is 0 Å². The molecule has 0 aliphatic carbocycles. The summed E-state index contributed by atoms with van der Waals surface area (Å²) in [6.07, 6.45) is 1.41. The number of benzene rings is 1. The number of nitrogens with zero attached hydrogens (tertiary/aromatic N) is 2. The van der Waals surface area contributed by atoms with Crippen molar-refractivity contribution >= 4 is 23.5 Å². The molecule has 0 fully saturated rings. The van der Waals surface area contributed by atoms with E-state index in [0.717, 1.165) is 6.92 Å². The number of aliphatic hydroxyl groups is 1. The minimum atomic E-state index is -2.05. The number of carboxylic acid groups (broad SMARTS) is 1. The minimum absolute atomic E-state index is 0.0421. The summed E-state index contributed by atoms with van der Waals surface area (Å²) in [6, 6.07) is 7.13. The van der Waals surface area contributed by atoms with Crippen molar-refractivity contribution in [2.75, 3.05) is 6.54 Å². The van der Waals surface area contributed by atoms with Crippen molar-refractivity contribution in [3.05, 3.63) is 46.7 Å². The molecule has 1 unspecified atom stereocenters. The molecule has 1 aromatic heterocycles. The molecule has 134 valence electrons. The van der Waals surface area contributed by atoms with Gasteiger partial charge in [-0.25, -0.2) is 9.48 Å². The van der Waals surface area contributed by atoms with E-state index in [2.05, 4.69) is 10.4 Å². The number of aromatic nitrogens is 2. The average molecular weight is 366 g/mol. The second-order valence-electron chi connectivity index (χ2n) is 6.22. The van der Waals surface area contributed by atoms with Gasteiger partial charge in [-0.3, -0.25) is 4.79 Å². The number of halogens is 1. The lowest BCUT2D eigenvalue weighted by atomic mass is 10.0. The number of hydrogen-bond donors (Lipinski definition) is 3. The summed E-state index contributed by atoms with van der Waals surface area (Å²) in [4.78, 5) is 23.4. The highest BCUT2D eigenvalue weighted by Gasteiger charge is 2.31. The lowest BCUT2D eigenvalue weighted by Crippen LogP contribution is -2.46. The Morgan fingerprint density at radius 2 is 2.00 bits per heavy atom. The molecule has 2 aromatic rings. The molecule has 1 atom stereocenters. The largest absolute Gasteiger partial charge is 0.479 e. The van der Waals surface area contributed by atoms with Gasteiger partial charge in [-0.15, -0.1) is 0 Å². The summed E-state index contributed by atoms with van der Waals surface area (Å²) in [6.45, 7) is 4.52. The summed E-state index contributed by atoms with van der Waals surface area (Å²) in [7, 11) is 0. The quantitative estimate of drug-likeness (QED) is 0.728. The van der Waals surface area contributed by atoms with Crippen LogP contribution in [0.4, 0.5) is 0 Å². The molecule has 0 aliphatic heterocycles. The van der Waals surface area contributed by atoms with Crippen LogP contribution in [-0.2, 0) is 4.79 Å². The highest BCUT2D eigenvalue weighted by Crippen LogP contribution is 2.27. The topological polar surface area (TPSA) is 104 Å². The van der Waals surface area contributed by atoms with Gasteiger partial charge in [0.25, 0.3) is 5.91 Å². The Morgan fingerprint density at radius 3 is 2.56 bits per heavy atom. The van der Waals surface area contributed by atoms with Crippen molar-refractivity contribution in [2.24, 2.45) is 0 Å². The van der Waals surface area contributed by atoms with Gasteiger partial charge in [-0.2, -0.15) is 5.10 Å². The Bertz CT molecular complexity index is 799. The molecule has 7 nitrogen and oxygen atoms in total. The second-order valence-corrected chi connectivity index (χ2v) is 6.63. The maximum absolute atomic E-state index is 12.5. The summed E-state index contributed by atoms with van der Waals surface area (Å²) >= 11 is 6.22. The molecule has 0 radical (unpaired) electrons. The Kier molecular flexibility index (Phi) is 5.49. The number of rotatable bonds is 6. The van der Waals surface area contributed by atoms with E-state index in [1.165, 1.54) is 6.20 Å². The van der Waals surface area contributed by atoms with Crippen LogP contribution in [0.5, 0.6) is 0 Å². The van der Waals surface area contributed by atoms with Crippen LogP contribution in [0.15, 0.2) is 30.5 Å². The maximum atomic E-state index is 12.5. The van der Waals surface area contributed by atoms with Crippen LogP contribution in [0, 0.1) is 0 Å². The van der Waals surface area contributed by atoms with E-state index in [1.54, 1.807) is 22.9 Å². The van der Waals surface area contributed by atoms with Crippen molar-refractivity contribution in [1.82, 2.24) is 15.1 Å². The third-order valence-electron chi connectivity index (χ3n) is 3.73. The van der Waals surface area contributed by atoms with E-state index >= 15 is 0 Å². The van der Waals surface area contributed by atoms with Gasteiger partial charge in [-0.05, 0) is 25.0 Å². The van der Waals surface area contributed by atoms with Crippen LogP contribution < -0.4 is 5.32 Å². The predicted octanol–water partition coefficient (Wildman–Crippen LogP) is 2.21. The molecule has 0 aliphatic rings. The van der Waals surface area contributed by atoms with Gasteiger partial charge in [-0.1, -0.05) is 37.6 Å². The molecule has 0 saturated heterocycles. The van der Waals surface area contributed by atoms with Gasteiger partial charge in [0.2, 0.25) is 0 Å². The fourth-order valence-electron chi connectivity index (χ4n) is 2.33. The zero-order chi connectivity index (χ0) is 18.8. The number of aliphatic carboxylic acids is 1. The van der Waals surface area contributed by atoms with Crippen LogP contribution in [0.1, 0.15) is 42.7 Å². The van der Waals surface area contributed by atoms with E-state index < -0.39 is 24.0 Å². The normalized spacial score (nSPS) is 13.5. The summed E-state index contributed by atoms with van der Waals surface area (Å²) in [5.74, 6) is -1.97. The monoisotopic (exact) mass is 365 g/mol. The molecule has 8 heteroatoms.